The van der Waals surface area contributed by atoms with Gasteiger partial charge in [-0.3, -0.25) is 9.59 Å². The van der Waals surface area contributed by atoms with Crippen LogP contribution in [0.3, 0.4) is 0 Å². The highest BCUT2D eigenvalue weighted by Crippen LogP contribution is 2.27. The van der Waals surface area contributed by atoms with Crippen molar-refractivity contribution in [1.29, 1.82) is 0 Å². The summed E-state index contributed by atoms with van der Waals surface area (Å²) in [6, 6.07) is 1.53. The van der Waals surface area contributed by atoms with Crippen LogP contribution >= 0.6 is 0 Å². The third-order valence-corrected chi connectivity index (χ3v) is 2.98. The maximum absolute atomic E-state index is 12.5. The summed E-state index contributed by atoms with van der Waals surface area (Å²) in [5.41, 5.74) is -1.58. The number of carbonyl (C=O) groups is 1. The summed E-state index contributed by atoms with van der Waals surface area (Å²) in [6.07, 6.45) is 0.0823. The summed E-state index contributed by atoms with van der Waals surface area (Å²) < 4.78 is 38.4. The second-order valence-electron chi connectivity index (χ2n) is 4.79. The third-order valence-electron chi connectivity index (χ3n) is 2.98. The smallest absolute Gasteiger partial charge is 0.355 e. The number of alkyl halides is 3. The highest BCUT2D eigenvalue weighted by molar-refractivity contribution is 5.75. The van der Waals surface area contributed by atoms with Crippen LogP contribution in [0.25, 0.3) is 0 Å². The fourth-order valence-electron chi connectivity index (χ4n) is 1.81. The van der Waals surface area contributed by atoms with Gasteiger partial charge in [0.2, 0.25) is 5.91 Å². The molecule has 0 atom stereocenters. The standard InChI is InChI=1S/C14H19F3N2O2/c1-2-3-4-5-8-18-12(20)10-19-9-11(14(15,16)17)6-7-13(19)21/h6-7,9H,2-5,8,10H2,1H3,(H,18,20). The van der Waals surface area contributed by atoms with E-state index in [1.54, 1.807) is 0 Å². The van der Waals surface area contributed by atoms with Crippen LogP contribution in [-0.2, 0) is 17.5 Å². The molecule has 0 aliphatic rings. The predicted molar refractivity (Wildman–Crippen MR) is 72.9 cm³/mol. The molecule has 7 heteroatoms. The summed E-state index contributed by atoms with van der Waals surface area (Å²) in [5.74, 6) is -0.465. The first-order valence-electron chi connectivity index (χ1n) is 6.89. The van der Waals surface area contributed by atoms with Crippen molar-refractivity contribution >= 4 is 5.91 Å². The van der Waals surface area contributed by atoms with Crippen LogP contribution in [0, 0.1) is 0 Å². The van der Waals surface area contributed by atoms with E-state index in [9.17, 15) is 22.8 Å². The molecular weight excluding hydrogens is 285 g/mol. The fraction of sp³-hybridized carbons (Fsp3) is 0.571. The maximum Gasteiger partial charge on any atom is 0.417 e. The van der Waals surface area contributed by atoms with Gasteiger partial charge in [0.05, 0.1) is 5.56 Å². The Morgan fingerprint density at radius 3 is 2.57 bits per heavy atom. The van der Waals surface area contributed by atoms with Crippen molar-refractivity contribution in [3.8, 4) is 0 Å². The van der Waals surface area contributed by atoms with E-state index in [-0.39, 0.29) is 0 Å². The average Bonchev–Trinajstić information content (AvgIpc) is 2.40. The second-order valence-corrected chi connectivity index (χ2v) is 4.79. The minimum atomic E-state index is -4.54. The summed E-state index contributed by atoms with van der Waals surface area (Å²) in [6.45, 7) is 2.13. The monoisotopic (exact) mass is 304 g/mol. The van der Waals surface area contributed by atoms with Crippen molar-refractivity contribution in [2.45, 2.75) is 45.3 Å². The van der Waals surface area contributed by atoms with Gasteiger partial charge in [-0.1, -0.05) is 26.2 Å². The molecule has 4 nitrogen and oxygen atoms in total. The lowest BCUT2D eigenvalue weighted by Gasteiger charge is -2.11. The molecule has 0 fully saturated rings. The molecule has 0 unspecified atom stereocenters. The Morgan fingerprint density at radius 1 is 1.24 bits per heavy atom. The zero-order chi connectivity index (χ0) is 15.9. The lowest BCUT2D eigenvalue weighted by molar-refractivity contribution is -0.138. The first kappa shape index (κ1) is 17.3. The number of carbonyl (C=O) groups excluding carboxylic acids is 1. The molecule has 0 aliphatic heterocycles. The van der Waals surface area contributed by atoms with Gasteiger partial charge in [0.1, 0.15) is 6.54 Å². The topological polar surface area (TPSA) is 51.1 Å². The quantitative estimate of drug-likeness (QED) is 0.787. The number of rotatable bonds is 7. The molecular formula is C14H19F3N2O2. The molecule has 1 amide bonds. The molecule has 21 heavy (non-hydrogen) atoms. The molecule has 0 saturated carbocycles. The van der Waals surface area contributed by atoms with Crippen LogP contribution in [0.2, 0.25) is 0 Å². The van der Waals surface area contributed by atoms with Crippen molar-refractivity contribution in [2.75, 3.05) is 6.54 Å². The van der Waals surface area contributed by atoms with Crippen molar-refractivity contribution in [3.05, 3.63) is 34.2 Å². The highest BCUT2D eigenvalue weighted by Gasteiger charge is 2.31. The molecule has 1 rings (SSSR count). The molecule has 1 heterocycles. The van der Waals surface area contributed by atoms with Crippen LogP contribution in [0.15, 0.2) is 23.1 Å². The predicted octanol–water partition coefficient (Wildman–Crippen LogP) is 2.56. The Bertz CT molecular complexity index is 524. The third kappa shape index (κ3) is 6.01. The fourth-order valence-corrected chi connectivity index (χ4v) is 1.81. The largest absolute Gasteiger partial charge is 0.417 e. The average molecular weight is 304 g/mol. The number of unbranched alkanes of at least 4 members (excludes halogenated alkanes) is 3. The van der Waals surface area contributed by atoms with Crippen molar-refractivity contribution < 1.29 is 18.0 Å². The van der Waals surface area contributed by atoms with Crippen LogP contribution in [0.1, 0.15) is 38.2 Å². The number of aromatic nitrogens is 1. The van der Waals surface area contributed by atoms with E-state index < -0.39 is 29.8 Å². The molecule has 118 valence electrons. The highest BCUT2D eigenvalue weighted by atomic mass is 19.4. The zero-order valence-electron chi connectivity index (χ0n) is 11.9. The summed E-state index contributed by atoms with van der Waals surface area (Å²) in [7, 11) is 0. The van der Waals surface area contributed by atoms with Gasteiger partial charge in [-0.25, -0.2) is 0 Å². The van der Waals surface area contributed by atoms with E-state index in [0.29, 0.717) is 18.8 Å². The number of amides is 1. The van der Waals surface area contributed by atoms with E-state index in [4.69, 9.17) is 0 Å². The summed E-state index contributed by atoms with van der Waals surface area (Å²) in [5, 5.41) is 2.60. The van der Waals surface area contributed by atoms with Gasteiger partial charge in [-0.2, -0.15) is 13.2 Å². The van der Waals surface area contributed by atoms with E-state index in [2.05, 4.69) is 12.2 Å². The van der Waals surface area contributed by atoms with Gasteiger partial charge in [-0.15, -0.1) is 0 Å². The molecule has 1 aromatic rings. The van der Waals surface area contributed by atoms with E-state index in [1.807, 2.05) is 0 Å². The number of halogens is 3. The molecule has 0 radical (unpaired) electrons. The molecule has 1 N–H and O–H groups in total. The van der Waals surface area contributed by atoms with Crippen molar-refractivity contribution in [3.63, 3.8) is 0 Å². The minimum Gasteiger partial charge on any atom is -0.355 e. The number of hydrogen-bond acceptors (Lipinski definition) is 2. The normalized spacial score (nSPS) is 11.4. The Balaban J connectivity index is 2.58. The lowest BCUT2D eigenvalue weighted by Crippen LogP contribution is -2.33. The molecule has 0 aromatic carbocycles. The molecule has 0 spiro atoms. The Labute approximate surface area is 121 Å². The number of nitrogens with one attached hydrogen (secondary N) is 1. The van der Waals surface area contributed by atoms with Gasteiger partial charge in [0, 0.05) is 18.8 Å². The van der Waals surface area contributed by atoms with Crippen LogP contribution in [0.4, 0.5) is 13.2 Å². The van der Waals surface area contributed by atoms with Crippen molar-refractivity contribution in [2.24, 2.45) is 0 Å². The Kier molecular flexibility index (Phi) is 6.45. The van der Waals surface area contributed by atoms with Crippen LogP contribution < -0.4 is 10.9 Å². The zero-order valence-corrected chi connectivity index (χ0v) is 11.9. The van der Waals surface area contributed by atoms with Crippen LogP contribution in [-0.4, -0.2) is 17.0 Å². The summed E-state index contributed by atoms with van der Waals surface area (Å²) in [4.78, 5) is 23.1. The van der Waals surface area contributed by atoms with Crippen molar-refractivity contribution in [1.82, 2.24) is 9.88 Å². The van der Waals surface area contributed by atoms with Gasteiger partial charge in [0.15, 0.2) is 0 Å². The van der Waals surface area contributed by atoms with Gasteiger partial charge in [-0.05, 0) is 12.5 Å². The SMILES string of the molecule is CCCCCCNC(=O)Cn1cc(C(F)(F)F)ccc1=O. The maximum atomic E-state index is 12.5. The summed E-state index contributed by atoms with van der Waals surface area (Å²) >= 11 is 0. The number of pyridine rings is 1. The lowest BCUT2D eigenvalue weighted by atomic mass is 10.2. The first-order valence-corrected chi connectivity index (χ1v) is 6.89. The van der Waals surface area contributed by atoms with Gasteiger partial charge < -0.3 is 9.88 Å². The number of nitrogens with zero attached hydrogens (tertiary/aromatic N) is 1. The molecule has 0 bridgehead atoms. The van der Waals surface area contributed by atoms with Crippen LogP contribution in [0.5, 0.6) is 0 Å². The molecule has 0 aliphatic carbocycles. The molecule has 1 aromatic heterocycles. The first-order chi connectivity index (χ1) is 9.84. The minimum absolute atomic E-state index is 0.406. The van der Waals surface area contributed by atoms with E-state index in [0.717, 1.165) is 36.3 Å². The Hall–Kier alpha value is -1.79. The number of hydrogen-bond donors (Lipinski definition) is 1. The van der Waals surface area contributed by atoms with E-state index in [1.165, 1.54) is 0 Å². The Morgan fingerprint density at radius 2 is 1.95 bits per heavy atom. The second kappa shape index (κ2) is 7.85. The molecule has 0 saturated heterocycles. The van der Waals surface area contributed by atoms with Gasteiger partial charge in [0.25, 0.3) is 5.56 Å². The van der Waals surface area contributed by atoms with Gasteiger partial charge >= 0.3 is 6.18 Å². The van der Waals surface area contributed by atoms with E-state index >= 15 is 0 Å².